The number of ether oxygens (including phenoxy) is 1. The molecule has 0 saturated carbocycles. The van der Waals surface area contributed by atoms with E-state index >= 15 is 0 Å². The second kappa shape index (κ2) is 11.6. The normalized spacial score (nSPS) is 17.0. The zero-order chi connectivity index (χ0) is 30.0. The van der Waals surface area contributed by atoms with Crippen molar-refractivity contribution >= 4 is 34.5 Å². The molecule has 0 unspecified atom stereocenters. The predicted octanol–water partition coefficient (Wildman–Crippen LogP) is 4.08. The van der Waals surface area contributed by atoms with Gasteiger partial charge in [0.1, 0.15) is 30.0 Å². The summed E-state index contributed by atoms with van der Waals surface area (Å²) in [4.78, 5) is 41.5. The molecular weight excluding hydrogens is 536 g/mol. The molecule has 3 amide bonds. The van der Waals surface area contributed by atoms with E-state index in [9.17, 15) is 24.8 Å². The third-order valence-corrected chi connectivity index (χ3v) is 7.43. The molecule has 214 valence electrons. The lowest BCUT2D eigenvalue weighted by Gasteiger charge is -2.29. The van der Waals surface area contributed by atoms with Crippen molar-refractivity contribution in [1.29, 1.82) is 5.26 Å². The van der Waals surface area contributed by atoms with Crippen LogP contribution in [0.4, 0.5) is 10.5 Å². The molecule has 1 aliphatic rings. The zero-order valence-corrected chi connectivity index (χ0v) is 23.4. The lowest BCUT2D eigenvalue weighted by Crippen LogP contribution is -2.58. The molecule has 0 saturated heterocycles. The highest BCUT2D eigenvalue weighted by Gasteiger charge is 2.39. The lowest BCUT2D eigenvalue weighted by molar-refractivity contribution is -0.131. The van der Waals surface area contributed by atoms with Crippen molar-refractivity contribution in [1.82, 2.24) is 20.0 Å². The summed E-state index contributed by atoms with van der Waals surface area (Å²) in [7, 11) is 0. The van der Waals surface area contributed by atoms with Gasteiger partial charge in [-0.1, -0.05) is 42.5 Å². The van der Waals surface area contributed by atoms with Gasteiger partial charge in [0.2, 0.25) is 5.91 Å². The van der Waals surface area contributed by atoms with Crippen LogP contribution in [-0.4, -0.2) is 62.4 Å². The largest absolute Gasteiger partial charge is 0.486 e. The molecule has 0 spiro atoms. The van der Waals surface area contributed by atoms with E-state index in [1.807, 2.05) is 36.4 Å². The van der Waals surface area contributed by atoms with E-state index < -0.39 is 36.1 Å². The standard InChI is InChI=1S/C31H30N6O5/c1-4-35(31(40)41)19(2)29(38)33-28-20(3)42-27-16-10-9-15-26(27)36(30(28)39)18-23-22-12-6-8-14-25(22)37(34-23)24-13-7-5-11-21(24)17-32/h5-16,19-20,28H,4,18H2,1-3H3,(H,33,38)(H,40,41)/t19-,20-,28-/m0/s1. The van der Waals surface area contributed by atoms with E-state index in [1.165, 1.54) is 11.8 Å². The Bertz CT molecular complexity index is 1710. The average molecular weight is 567 g/mol. The minimum atomic E-state index is -1.23. The van der Waals surface area contributed by atoms with Gasteiger partial charge >= 0.3 is 6.09 Å². The first kappa shape index (κ1) is 28.2. The van der Waals surface area contributed by atoms with Crippen LogP contribution in [0.5, 0.6) is 5.75 Å². The van der Waals surface area contributed by atoms with Crippen molar-refractivity contribution in [2.75, 3.05) is 11.4 Å². The first-order valence-electron chi connectivity index (χ1n) is 13.6. The van der Waals surface area contributed by atoms with Crippen molar-refractivity contribution in [3.63, 3.8) is 0 Å². The van der Waals surface area contributed by atoms with Crippen LogP contribution in [0.1, 0.15) is 32.0 Å². The SMILES string of the molecule is CCN(C(=O)O)[C@@H](C)C(=O)N[C@@H]1C(=O)N(Cc2nn(-c3ccccc3C#N)c3ccccc23)c2ccccc2O[C@H]1C. The van der Waals surface area contributed by atoms with E-state index in [2.05, 4.69) is 11.4 Å². The number of aromatic nitrogens is 2. The summed E-state index contributed by atoms with van der Waals surface area (Å²) < 4.78 is 7.84. The second-order valence-electron chi connectivity index (χ2n) is 9.95. The highest BCUT2D eigenvalue weighted by molar-refractivity contribution is 6.02. The number of carboxylic acid groups (broad SMARTS) is 1. The van der Waals surface area contributed by atoms with Gasteiger partial charge in [-0.05, 0) is 51.1 Å². The molecule has 11 heteroatoms. The van der Waals surface area contributed by atoms with Crippen LogP contribution in [0.15, 0.2) is 72.8 Å². The van der Waals surface area contributed by atoms with Crippen LogP contribution < -0.4 is 15.0 Å². The number of amides is 3. The van der Waals surface area contributed by atoms with Crippen molar-refractivity contribution in [3.05, 3.63) is 84.1 Å². The quantitative estimate of drug-likeness (QED) is 0.343. The Kier molecular flexibility index (Phi) is 7.80. The van der Waals surface area contributed by atoms with Crippen LogP contribution >= 0.6 is 0 Å². The molecule has 42 heavy (non-hydrogen) atoms. The molecule has 1 aromatic heterocycles. The molecule has 0 fully saturated rings. The first-order chi connectivity index (χ1) is 20.2. The molecule has 0 radical (unpaired) electrons. The Morgan fingerprint density at radius 1 is 1.10 bits per heavy atom. The molecule has 3 aromatic carbocycles. The number of likely N-dealkylation sites (N-methyl/N-ethyl adjacent to an activating group) is 1. The first-order valence-corrected chi connectivity index (χ1v) is 13.6. The van der Waals surface area contributed by atoms with Gasteiger partial charge in [0, 0.05) is 11.9 Å². The number of carbonyl (C=O) groups is 3. The second-order valence-corrected chi connectivity index (χ2v) is 9.95. The van der Waals surface area contributed by atoms with Gasteiger partial charge in [0.25, 0.3) is 5.91 Å². The van der Waals surface area contributed by atoms with E-state index in [0.717, 1.165) is 15.8 Å². The van der Waals surface area contributed by atoms with Crippen LogP contribution in [-0.2, 0) is 16.1 Å². The predicted molar refractivity (Wildman–Crippen MR) is 155 cm³/mol. The van der Waals surface area contributed by atoms with Gasteiger partial charge < -0.3 is 20.1 Å². The number of rotatable bonds is 7. The summed E-state index contributed by atoms with van der Waals surface area (Å²) in [6.45, 7) is 4.95. The lowest BCUT2D eigenvalue weighted by atomic mass is 10.1. The van der Waals surface area contributed by atoms with Gasteiger partial charge in [0.05, 0.1) is 34.7 Å². The molecule has 3 atom stereocenters. The number of nitriles is 1. The van der Waals surface area contributed by atoms with Crippen molar-refractivity contribution in [3.8, 4) is 17.5 Å². The third-order valence-electron chi connectivity index (χ3n) is 7.43. The summed E-state index contributed by atoms with van der Waals surface area (Å²) >= 11 is 0. The van der Waals surface area contributed by atoms with Crippen LogP contribution in [0.2, 0.25) is 0 Å². The van der Waals surface area contributed by atoms with Crippen LogP contribution in [0.3, 0.4) is 0 Å². The number of hydrogen-bond acceptors (Lipinski definition) is 6. The molecule has 11 nitrogen and oxygen atoms in total. The zero-order valence-electron chi connectivity index (χ0n) is 23.4. The molecule has 2 N–H and O–H groups in total. The van der Waals surface area contributed by atoms with E-state index in [4.69, 9.17) is 9.84 Å². The fourth-order valence-electron chi connectivity index (χ4n) is 5.20. The molecule has 2 heterocycles. The minimum Gasteiger partial charge on any atom is -0.486 e. The number of carbonyl (C=O) groups excluding carboxylic acids is 2. The Labute approximate surface area is 242 Å². The fraction of sp³-hybridized carbons (Fsp3) is 0.258. The maximum Gasteiger partial charge on any atom is 0.407 e. The van der Waals surface area contributed by atoms with Gasteiger partial charge in [-0.2, -0.15) is 10.4 Å². The number of anilines is 1. The number of para-hydroxylation sites is 4. The number of nitrogens with zero attached hydrogens (tertiary/aromatic N) is 5. The molecule has 4 aromatic rings. The monoisotopic (exact) mass is 566 g/mol. The molecule has 0 bridgehead atoms. The number of hydrogen-bond donors (Lipinski definition) is 2. The number of nitrogens with one attached hydrogen (secondary N) is 1. The number of benzene rings is 3. The topological polar surface area (TPSA) is 141 Å². The van der Waals surface area contributed by atoms with Gasteiger partial charge in [-0.25, -0.2) is 9.48 Å². The maximum absolute atomic E-state index is 14.2. The smallest absolute Gasteiger partial charge is 0.407 e. The molecule has 5 rings (SSSR count). The number of fused-ring (bicyclic) bond motifs is 2. The van der Waals surface area contributed by atoms with Gasteiger partial charge in [-0.3, -0.25) is 14.5 Å². The Morgan fingerprint density at radius 2 is 1.76 bits per heavy atom. The Balaban J connectivity index is 1.55. The summed E-state index contributed by atoms with van der Waals surface area (Å²) in [6, 6.07) is 21.9. The third kappa shape index (κ3) is 5.10. The van der Waals surface area contributed by atoms with Crippen LogP contribution in [0, 0.1) is 11.3 Å². The van der Waals surface area contributed by atoms with Gasteiger partial charge in [0.15, 0.2) is 0 Å². The van der Waals surface area contributed by atoms with Gasteiger partial charge in [-0.15, -0.1) is 0 Å². The van der Waals surface area contributed by atoms with Crippen LogP contribution in [0.25, 0.3) is 16.6 Å². The fourth-order valence-corrected chi connectivity index (χ4v) is 5.20. The summed E-state index contributed by atoms with van der Waals surface area (Å²) in [6.07, 6.45) is -1.98. The highest BCUT2D eigenvalue weighted by Crippen LogP contribution is 2.35. The van der Waals surface area contributed by atoms with E-state index in [0.29, 0.717) is 28.4 Å². The summed E-state index contributed by atoms with van der Waals surface area (Å²) in [5, 5.41) is 27.6. The van der Waals surface area contributed by atoms with Crippen molar-refractivity contribution in [2.45, 2.75) is 45.5 Å². The van der Waals surface area contributed by atoms with Crippen molar-refractivity contribution < 1.29 is 24.2 Å². The van der Waals surface area contributed by atoms with Crippen molar-refractivity contribution in [2.24, 2.45) is 0 Å². The summed E-state index contributed by atoms with van der Waals surface area (Å²) in [5.74, 6) is -0.577. The molecular formula is C31H30N6O5. The maximum atomic E-state index is 14.2. The Hall–Kier alpha value is -5.37. The molecule has 1 aliphatic heterocycles. The van der Waals surface area contributed by atoms with E-state index in [-0.39, 0.29) is 13.1 Å². The van der Waals surface area contributed by atoms with E-state index in [1.54, 1.807) is 54.9 Å². The minimum absolute atomic E-state index is 0.0479. The highest BCUT2D eigenvalue weighted by atomic mass is 16.5. The Morgan fingerprint density at radius 3 is 2.48 bits per heavy atom. The molecule has 0 aliphatic carbocycles. The summed E-state index contributed by atoms with van der Waals surface area (Å²) in [5.41, 5.74) is 2.92. The average Bonchev–Trinajstić information content (AvgIpc) is 3.32.